The molecule has 0 saturated carbocycles. The molecule has 1 atom stereocenters. The van der Waals surface area contributed by atoms with Crippen LogP contribution in [0.15, 0.2) is 12.1 Å². The van der Waals surface area contributed by atoms with Gasteiger partial charge >= 0.3 is 0 Å². The van der Waals surface area contributed by atoms with Crippen molar-refractivity contribution in [3.8, 4) is 11.5 Å². The first kappa shape index (κ1) is 11.3. The zero-order valence-electron chi connectivity index (χ0n) is 9.95. The fourth-order valence-corrected chi connectivity index (χ4v) is 2.20. The number of benzene rings is 1. The van der Waals surface area contributed by atoms with E-state index in [-0.39, 0.29) is 6.10 Å². The normalized spacial score (nSPS) is 18.1. The molecule has 1 unspecified atom stereocenters. The average molecular weight is 221 g/mol. The summed E-state index contributed by atoms with van der Waals surface area (Å²) in [6, 6.07) is 4.28. The Morgan fingerprint density at radius 2 is 2.31 bits per heavy atom. The first-order valence-corrected chi connectivity index (χ1v) is 5.81. The third kappa shape index (κ3) is 2.00. The number of nitrogens with two attached hydrogens (primary N) is 1. The van der Waals surface area contributed by atoms with E-state index in [2.05, 4.69) is 19.1 Å². The largest absolute Gasteiger partial charge is 0.493 e. The topological polar surface area (TPSA) is 44.5 Å². The van der Waals surface area contributed by atoms with E-state index in [4.69, 9.17) is 15.2 Å². The van der Waals surface area contributed by atoms with E-state index in [9.17, 15) is 0 Å². The van der Waals surface area contributed by atoms with Crippen molar-refractivity contribution in [1.29, 1.82) is 0 Å². The van der Waals surface area contributed by atoms with Gasteiger partial charge in [-0.1, -0.05) is 12.1 Å². The molecule has 1 aromatic rings. The van der Waals surface area contributed by atoms with Crippen molar-refractivity contribution in [2.45, 2.75) is 32.3 Å². The van der Waals surface area contributed by atoms with E-state index >= 15 is 0 Å². The van der Waals surface area contributed by atoms with E-state index in [0.717, 1.165) is 30.8 Å². The molecule has 1 aliphatic rings. The van der Waals surface area contributed by atoms with Gasteiger partial charge in [0.2, 0.25) is 0 Å². The molecule has 1 aromatic carbocycles. The third-order valence-electron chi connectivity index (χ3n) is 2.96. The number of ether oxygens (including phenoxy) is 2. The van der Waals surface area contributed by atoms with Gasteiger partial charge < -0.3 is 15.2 Å². The number of methoxy groups -OCH3 is 1. The molecule has 1 aliphatic heterocycles. The first-order chi connectivity index (χ1) is 7.76. The highest BCUT2D eigenvalue weighted by Gasteiger charge is 2.24. The lowest BCUT2D eigenvalue weighted by Gasteiger charge is -2.12. The maximum Gasteiger partial charge on any atom is 0.165 e. The van der Waals surface area contributed by atoms with Gasteiger partial charge in [-0.15, -0.1) is 0 Å². The van der Waals surface area contributed by atoms with E-state index in [0.29, 0.717) is 6.54 Å². The maximum absolute atomic E-state index is 5.79. The van der Waals surface area contributed by atoms with Crippen LogP contribution in [0.3, 0.4) is 0 Å². The van der Waals surface area contributed by atoms with Crippen molar-refractivity contribution in [2.24, 2.45) is 5.73 Å². The lowest BCUT2D eigenvalue weighted by atomic mass is 10.0. The molecule has 1 heterocycles. The standard InChI is InChI=1S/C13H19NO2/c1-9-8-11-6-5-10(4-3-7-14)12(15-2)13(11)16-9/h5-6,9H,3-4,7-8,14H2,1-2H3. The minimum Gasteiger partial charge on any atom is -0.493 e. The van der Waals surface area contributed by atoms with Gasteiger partial charge in [-0.25, -0.2) is 0 Å². The van der Waals surface area contributed by atoms with Crippen LogP contribution in [0.2, 0.25) is 0 Å². The van der Waals surface area contributed by atoms with Gasteiger partial charge in [0.25, 0.3) is 0 Å². The van der Waals surface area contributed by atoms with E-state index in [1.807, 2.05) is 0 Å². The Bertz CT molecular complexity index is 376. The Balaban J connectivity index is 2.31. The van der Waals surface area contributed by atoms with Crippen LogP contribution in [0.5, 0.6) is 11.5 Å². The molecule has 0 bridgehead atoms. The predicted octanol–water partition coefficient (Wildman–Crippen LogP) is 1.91. The second-order valence-electron chi connectivity index (χ2n) is 4.27. The van der Waals surface area contributed by atoms with Crippen LogP contribution >= 0.6 is 0 Å². The maximum atomic E-state index is 5.79. The van der Waals surface area contributed by atoms with Crippen LogP contribution in [-0.2, 0) is 12.8 Å². The first-order valence-electron chi connectivity index (χ1n) is 5.81. The molecule has 0 amide bonds. The Hall–Kier alpha value is -1.22. The Morgan fingerprint density at radius 3 is 3.00 bits per heavy atom. The SMILES string of the molecule is COc1c(CCCN)ccc2c1OC(C)C2. The summed E-state index contributed by atoms with van der Waals surface area (Å²) in [4.78, 5) is 0. The molecular weight excluding hydrogens is 202 g/mol. The molecule has 0 fully saturated rings. The number of hydrogen-bond donors (Lipinski definition) is 1. The molecule has 3 heteroatoms. The van der Waals surface area contributed by atoms with Gasteiger partial charge in [0.15, 0.2) is 11.5 Å². The lowest BCUT2D eigenvalue weighted by molar-refractivity contribution is 0.242. The van der Waals surface area contributed by atoms with Gasteiger partial charge in [0, 0.05) is 12.0 Å². The van der Waals surface area contributed by atoms with Gasteiger partial charge in [0.05, 0.1) is 7.11 Å². The zero-order valence-corrected chi connectivity index (χ0v) is 9.95. The highest BCUT2D eigenvalue weighted by molar-refractivity contribution is 5.54. The van der Waals surface area contributed by atoms with E-state index in [1.165, 1.54) is 11.1 Å². The summed E-state index contributed by atoms with van der Waals surface area (Å²) in [5.41, 5.74) is 7.98. The summed E-state index contributed by atoms with van der Waals surface area (Å²) in [5.74, 6) is 1.83. The van der Waals surface area contributed by atoms with Crippen LogP contribution < -0.4 is 15.2 Å². The molecular formula is C13H19NO2. The second-order valence-corrected chi connectivity index (χ2v) is 4.27. The van der Waals surface area contributed by atoms with Crippen LogP contribution in [0.4, 0.5) is 0 Å². The Labute approximate surface area is 96.5 Å². The van der Waals surface area contributed by atoms with Gasteiger partial charge in [-0.3, -0.25) is 0 Å². The molecule has 2 rings (SSSR count). The fourth-order valence-electron chi connectivity index (χ4n) is 2.20. The highest BCUT2D eigenvalue weighted by Crippen LogP contribution is 2.40. The summed E-state index contributed by atoms with van der Waals surface area (Å²) in [7, 11) is 1.70. The number of hydrogen-bond acceptors (Lipinski definition) is 3. The van der Waals surface area contributed by atoms with Crippen molar-refractivity contribution in [3.05, 3.63) is 23.3 Å². The summed E-state index contributed by atoms with van der Waals surface area (Å²) in [6.07, 6.45) is 3.16. The average Bonchev–Trinajstić information content (AvgIpc) is 2.65. The van der Waals surface area contributed by atoms with Crippen LogP contribution in [0, 0.1) is 0 Å². The predicted molar refractivity (Wildman–Crippen MR) is 64.2 cm³/mol. The molecule has 16 heavy (non-hydrogen) atoms. The van der Waals surface area contributed by atoms with Crippen LogP contribution in [-0.4, -0.2) is 19.8 Å². The Morgan fingerprint density at radius 1 is 1.50 bits per heavy atom. The minimum absolute atomic E-state index is 0.258. The number of aryl methyl sites for hydroxylation is 1. The molecule has 2 N–H and O–H groups in total. The lowest BCUT2D eigenvalue weighted by Crippen LogP contribution is -2.06. The highest BCUT2D eigenvalue weighted by atomic mass is 16.5. The minimum atomic E-state index is 0.258. The molecule has 88 valence electrons. The molecule has 0 saturated heterocycles. The molecule has 0 aromatic heterocycles. The number of rotatable bonds is 4. The second kappa shape index (κ2) is 4.74. The van der Waals surface area contributed by atoms with E-state index in [1.54, 1.807) is 7.11 Å². The van der Waals surface area contributed by atoms with Gasteiger partial charge in [-0.05, 0) is 31.9 Å². The van der Waals surface area contributed by atoms with Crippen LogP contribution in [0.1, 0.15) is 24.5 Å². The van der Waals surface area contributed by atoms with Crippen molar-refractivity contribution in [2.75, 3.05) is 13.7 Å². The summed E-state index contributed by atoms with van der Waals surface area (Å²) >= 11 is 0. The smallest absolute Gasteiger partial charge is 0.165 e. The molecule has 0 radical (unpaired) electrons. The van der Waals surface area contributed by atoms with Gasteiger partial charge in [-0.2, -0.15) is 0 Å². The summed E-state index contributed by atoms with van der Waals surface area (Å²) in [6.45, 7) is 2.79. The molecule has 0 aliphatic carbocycles. The van der Waals surface area contributed by atoms with Crippen molar-refractivity contribution in [1.82, 2.24) is 0 Å². The molecule has 0 spiro atoms. The number of fused-ring (bicyclic) bond motifs is 1. The fraction of sp³-hybridized carbons (Fsp3) is 0.538. The van der Waals surface area contributed by atoms with Crippen molar-refractivity contribution < 1.29 is 9.47 Å². The third-order valence-corrected chi connectivity index (χ3v) is 2.96. The zero-order chi connectivity index (χ0) is 11.5. The van der Waals surface area contributed by atoms with E-state index < -0.39 is 0 Å². The molecule has 3 nitrogen and oxygen atoms in total. The quantitative estimate of drug-likeness (QED) is 0.844. The Kier molecular flexibility index (Phi) is 3.34. The summed E-state index contributed by atoms with van der Waals surface area (Å²) in [5, 5.41) is 0. The van der Waals surface area contributed by atoms with Crippen molar-refractivity contribution in [3.63, 3.8) is 0 Å². The monoisotopic (exact) mass is 221 g/mol. The van der Waals surface area contributed by atoms with Crippen molar-refractivity contribution >= 4 is 0 Å². The van der Waals surface area contributed by atoms with Gasteiger partial charge in [0.1, 0.15) is 6.10 Å². The van der Waals surface area contributed by atoms with Crippen LogP contribution in [0.25, 0.3) is 0 Å². The summed E-state index contributed by atoms with van der Waals surface area (Å²) < 4.78 is 11.3.